The molecule has 0 amide bonds. The van der Waals surface area contributed by atoms with E-state index >= 15 is 0 Å². The average Bonchev–Trinajstić information content (AvgIpc) is 2.40. The molecule has 0 aliphatic heterocycles. The summed E-state index contributed by atoms with van der Waals surface area (Å²) in [5.41, 5.74) is 0.941. The zero-order valence-corrected chi connectivity index (χ0v) is 13.3. The van der Waals surface area contributed by atoms with Crippen molar-refractivity contribution in [1.29, 1.82) is 0 Å². The second-order valence-electron chi connectivity index (χ2n) is 5.05. The molecule has 0 aliphatic rings. The number of nitrogens with one attached hydrogen (secondary N) is 2. The number of rotatable bonds is 6. The van der Waals surface area contributed by atoms with E-state index in [1.54, 1.807) is 0 Å². The maximum absolute atomic E-state index is 5.88. The Hall–Kier alpha value is -1.85. The lowest BCUT2D eigenvalue weighted by atomic mass is 10.3. The van der Waals surface area contributed by atoms with Gasteiger partial charge in [-0.05, 0) is 45.3 Å². The second-order valence-corrected chi connectivity index (χ2v) is 5.48. The van der Waals surface area contributed by atoms with E-state index < -0.39 is 0 Å². The number of halogens is 1. The van der Waals surface area contributed by atoms with Crippen LogP contribution >= 0.6 is 11.6 Å². The van der Waals surface area contributed by atoms with E-state index in [0.717, 1.165) is 36.2 Å². The molecule has 2 N–H and O–H groups in total. The van der Waals surface area contributed by atoms with Crippen LogP contribution in [0.5, 0.6) is 0 Å². The van der Waals surface area contributed by atoms with Gasteiger partial charge in [0, 0.05) is 29.9 Å². The summed E-state index contributed by atoms with van der Waals surface area (Å²) in [4.78, 5) is 10.9. The Balaban J connectivity index is 2.05. The highest BCUT2D eigenvalue weighted by Gasteiger charge is 2.03. The Kier molecular flexibility index (Phi) is 5.36. The highest BCUT2D eigenvalue weighted by atomic mass is 35.5. The van der Waals surface area contributed by atoms with E-state index in [4.69, 9.17) is 11.6 Å². The van der Waals surface area contributed by atoms with Crippen molar-refractivity contribution in [2.24, 2.45) is 0 Å². The van der Waals surface area contributed by atoms with Gasteiger partial charge in [0.1, 0.15) is 17.5 Å². The summed E-state index contributed by atoms with van der Waals surface area (Å²) in [6.45, 7) is 3.66. The number of nitrogens with zero attached hydrogens (tertiary/aromatic N) is 3. The number of hydrogen-bond donors (Lipinski definition) is 2. The fourth-order valence-electron chi connectivity index (χ4n) is 1.81. The maximum atomic E-state index is 5.88. The average molecular weight is 306 g/mol. The fourth-order valence-corrected chi connectivity index (χ4v) is 1.94. The monoisotopic (exact) mass is 305 g/mol. The molecule has 0 radical (unpaired) electrons. The van der Waals surface area contributed by atoms with Gasteiger partial charge in [-0.25, -0.2) is 9.97 Å². The van der Waals surface area contributed by atoms with Crippen LogP contribution in [0, 0.1) is 6.92 Å². The van der Waals surface area contributed by atoms with E-state index in [0.29, 0.717) is 5.02 Å². The lowest BCUT2D eigenvalue weighted by Crippen LogP contribution is -2.21. The molecule has 0 atom stereocenters. The Morgan fingerprint density at radius 2 is 1.76 bits per heavy atom. The van der Waals surface area contributed by atoms with Crippen molar-refractivity contribution in [1.82, 2.24) is 14.9 Å². The predicted molar refractivity (Wildman–Crippen MR) is 88.5 cm³/mol. The van der Waals surface area contributed by atoms with Gasteiger partial charge in [-0.3, -0.25) is 0 Å². The van der Waals surface area contributed by atoms with E-state index in [1.807, 2.05) is 51.4 Å². The molecule has 2 aromatic rings. The van der Waals surface area contributed by atoms with E-state index in [-0.39, 0.29) is 0 Å². The molecule has 1 heterocycles. The van der Waals surface area contributed by atoms with Crippen LogP contribution < -0.4 is 10.6 Å². The molecular formula is C15H20ClN5. The Morgan fingerprint density at radius 1 is 1.10 bits per heavy atom. The summed E-state index contributed by atoms with van der Waals surface area (Å²) in [5.74, 6) is 2.30. The molecule has 0 unspecified atom stereocenters. The molecule has 5 nitrogen and oxygen atoms in total. The first-order chi connectivity index (χ1) is 10.0. The van der Waals surface area contributed by atoms with Crippen LogP contribution in [-0.2, 0) is 0 Å². The zero-order valence-electron chi connectivity index (χ0n) is 12.5. The Labute approximate surface area is 130 Å². The van der Waals surface area contributed by atoms with Crippen LogP contribution in [0.15, 0.2) is 30.3 Å². The third kappa shape index (κ3) is 5.21. The van der Waals surface area contributed by atoms with E-state index in [2.05, 4.69) is 25.5 Å². The van der Waals surface area contributed by atoms with Crippen LogP contribution in [0.3, 0.4) is 0 Å². The van der Waals surface area contributed by atoms with Crippen molar-refractivity contribution in [2.45, 2.75) is 6.92 Å². The van der Waals surface area contributed by atoms with Crippen molar-refractivity contribution >= 4 is 28.9 Å². The summed E-state index contributed by atoms with van der Waals surface area (Å²) in [6.07, 6.45) is 0. The van der Waals surface area contributed by atoms with Gasteiger partial charge in [-0.15, -0.1) is 0 Å². The maximum Gasteiger partial charge on any atom is 0.136 e. The van der Waals surface area contributed by atoms with Crippen LogP contribution in [-0.4, -0.2) is 42.1 Å². The molecule has 1 aromatic carbocycles. The molecule has 0 saturated heterocycles. The Morgan fingerprint density at radius 3 is 2.43 bits per heavy atom. The first-order valence-corrected chi connectivity index (χ1v) is 7.17. The van der Waals surface area contributed by atoms with Gasteiger partial charge in [0.05, 0.1) is 0 Å². The summed E-state index contributed by atoms with van der Waals surface area (Å²) < 4.78 is 0. The van der Waals surface area contributed by atoms with Crippen molar-refractivity contribution in [3.8, 4) is 0 Å². The SMILES string of the molecule is Cc1nc(NCCN(C)C)cc(Nc2ccc(Cl)cc2)n1. The van der Waals surface area contributed by atoms with Crippen LogP contribution in [0.25, 0.3) is 0 Å². The quantitative estimate of drug-likeness (QED) is 0.858. The Bertz CT molecular complexity index is 583. The molecular weight excluding hydrogens is 286 g/mol. The molecule has 0 aliphatic carbocycles. The summed E-state index contributed by atoms with van der Waals surface area (Å²) in [5, 5.41) is 7.26. The number of aryl methyl sites for hydroxylation is 1. The largest absolute Gasteiger partial charge is 0.369 e. The smallest absolute Gasteiger partial charge is 0.136 e. The number of aromatic nitrogens is 2. The minimum atomic E-state index is 0.713. The van der Waals surface area contributed by atoms with Crippen molar-refractivity contribution < 1.29 is 0 Å². The predicted octanol–water partition coefficient (Wildman–Crippen LogP) is 3.16. The summed E-state index contributed by atoms with van der Waals surface area (Å²) in [7, 11) is 4.08. The molecule has 6 heteroatoms. The lowest BCUT2D eigenvalue weighted by molar-refractivity contribution is 0.425. The minimum Gasteiger partial charge on any atom is -0.369 e. The van der Waals surface area contributed by atoms with Crippen LogP contribution in [0.4, 0.5) is 17.3 Å². The van der Waals surface area contributed by atoms with Gasteiger partial charge in [0.15, 0.2) is 0 Å². The normalized spacial score (nSPS) is 10.7. The third-order valence-corrected chi connectivity index (χ3v) is 3.07. The van der Waals surface area contributed by atoms with Crippen LogP contribution in [0.2, 0.25) is 5.02 Å². The zero-order chi connectivity index (χ0) is 15.2. The molecule has 0 bridgehead atoms. The number of benzene rings is 1. The molecule has 112 valence electrons. The first-order valence-electron chi connectivity index (χ1n) is 6.80. The first kappa shape index (κ1) is 15.5. The van der Waals surface area contributed by atoms with E-state index in [1.165, 1.54) is 0 Å². The number of hydrogen-bond acceptors (Lipinski definition) is 5. The van der Waals surface area contributed by atoms with Gasteiger partial charge in [0.25, 0.3) is 0 Å². The number of anilines is 3. The highest BCUT2D eigenvalue weighted by Crippen LogP contribution is 2.19. The highest BCUT2D eigenvalue weighted by molar-refractivity contribution is 6.30. The van der Waals surface area contributed by atoms with Crippen molar-refractivity contribution in [3.63, 3.8) is 0 Å². The van der Waals surface area contributed by atoms with Gasteiger partial charge in [-0.1, -0.05) is 11.6 Å². The van der Waals surface area contributed by atoms with E-state index in [9.17, 15) is 0 Å². The van der Waals surface area contributed by atoms with Crippen LogP contribution in [0.1, 0.15) is 5.82 Å². The summed E-state index contributed by atoms with van der Waals surface area (Å²) in [6, 6.07) is 9.41. The third-order valence-electron chi connectivity index (χ3n) is 2.82. The van der Waals surface area contributed by atoms with Crippen molar-refractivity contribution in [2.75, 3.05) is 37.8 Å². The van der Waals surface area contributed by atoms with Gasteiger partial charge in [0.2, 0.25) is 0 Å². The number of likely N-dealkylation sites (N-methyl/N-ethyl adjacent to an activating group) is 1. The topological polar surface area (TPSA) is 53.1 Å². The fraction of sp³-hybridized carbons (Fsp3) is 0.333. The molecule has 1 aromatic heterocycles. The minimum absolute atomic E-state index is 0.713. The molecule has 0 fully saturated rings. The second kappa shape index (κ2) is 7.24. The molecule has 0 saturated carbocycles. The van der Waals surface area contributed by atoms with Crippen molar-refractivity contribution in [3.05, 3.63) is 41.2 Å². The van der Waals surface area contributed by atoms with Gasteiger partial charge >= 0.3 is 0 Å². The summed E-state index contributed by atoms with van der Waals surface area (Å²) >= 11 is 5.88. The molecule has 0 spiro atoms. The van der Waals surface area contributed by atoms with Gasteiger partial charge in [-0.2, -0.15) is 0 Å². The lowest BCUT2D eigenvalue weighted by Gasteiger charge is -2.12. The van der Waals surface area contributed by atoms with Gasteiger partial charge < -0.3 is 15.5 Å². The standard InChI is InChI=1S/C15H20ClN5/c1-11-18-14(17-8-9-21(2)3)10-15(19-11)20-13-6-4-12(16)5-7-13/h4-7,10H,8-9H2,1-3H3,(H2,17,18,19,20). The molecule has 2 rings (SSSR count). The molecule has 21 heavy (non-hydrogen) atoms.